The van der Waals surface area contributed by atoms with Crippen LogP contribution in [-0.4, -0.2) is 18.9 Å². The summed E-state index contributed by atoms with van der Waals surface area (Å²) in [5.41, 5.74) is 2.58. The summed E-state index contributed by atoms with van der Waals surface area (Å²) in [5.74, 6) is -0.519. The van der Waals surface area contributed by atoms with Crippen LogP contribution in [0.3, 0.4) is 0 Å². The van der Waals surface area contributed by atoms with E-state index >= 15 is 0 Å². The summed E-state index contributed by atoms with van der Waals surface area (Å²) in [6.45, 7) is 2.03. The maximum atomic E-state index is 12.4. The van der Waals surface area contributed by atoms with Crippen molar-refractivity contribution in [2.24, 2.45) is 0 Å². The van der Waals surface area contributed by atoms with Crippen LogP contribution in [0.5, 0.6) is 0 Å². The topological polar surface area (TPSA) is 49.4 Å². The molecule has 4 nitrogen and oxygen atoms in total. The summed E-state index contributed by atoms with van der Waals surface area (Å²) in [5, 5.41) is 3.15. The van der Waals surface area contributed by atoms with Crippen molar-refractivity contribution in [3.8, 4) is 0 Å². The lowest BCUT2D eigenvalue weighted by atomic mass is 10.1. The first kappa shape index (κ1) is 13.5. The average molecular weight is 280 g/mol. The minimum Gasteiger partial charge on any atom is -0.313 e. The maximum absolute atomic E-state index is 12.4. The molecule has 1 atom stereocenters. The van der Waals surface area contributed by atoms with Gasteiger partial charge >= 0.3 is 0 Å². The molecule has 1 heterocycles. The van der Waals surface area contributed by atoms with Crippen LogP contribution in [0.1, 0.15) is 39.2 Å². The van der Waals surface area contributed by atoms with Gasteiger partial charge in [-0.15, -0.1) is 0 Å². The first-order chi connectivity index (χ1) is 10.1. The number of hydrogen-bond acceptors (Lipinski definition) is 3. The standard InChI is InChI=1S/C17H16N2O2/c1-11(18-2)12-6-5-7-13(10-12)19-16(20)14-8-3-4-9-15(14)17(19)21/h3-11,18H,1-2H3. The van der Waals surface area contributed by atoms with Crippen molar-refractivity contribution in [1.82, 2.24) is 5.32 Å². The number of imide groups is 1. The highest BCUT2D eigenvalue weighted by molar-refractivity contribution is 6.34. The molecular formula is C17H16N2O2. The molecule has 0 spiro atoms. The fraction of sp³-hybridized carbons (Fsp3) is 0.176. The molecule has 0 radical (unpaired) electrons. The predicted octanol–water partition coefficient (Wildman–Crippen LogP) is 2.77. The number of fused-ring (bicyclic) bond motifs is 1. The van der Waals surface area contributed by atoms with E-state index in [1.165, 1.54) is 4.90 Å². The number of nitrogens with zero attached hydrogens (tertiary/aromatic N) is 1. The van der Waals surface area contributed by atoms with Gasteiger partial charge in [-0.25, -0.2) is 4.90 Å². The molecule has 4 heteroatoms. The molecule has 2 aromatic carbocycles. The van der Waals surface area contributed by atoms with Gasteiger partial charge in [0, 0.05) is 6.04 Å². The molecule has 1 aliphatic rings. The largest absolute Gasteiger partial charge is 0.313 e. The molecule has 0 aliphatic carbocycles. The van der Waals surface area contributed by atoms with Gasteiger partial charge in [0.15, 0.2) is 0 Å². The minimum atomic E-state index is -0.259. The van der Waals surface area contributed by atoms with Crippen molar-refractivity contribution < 1.29 is 9.59 Å². The van der Waals surface area contributed by atoms with E-state index in [4.69, 9.17) is 0 Å². The Bertz CT molecular complexity index is 689. The number of benzene rings is 2. The lowest BCUT2D eigenvalue weighted by Gasteiger charge is -2.17. The van der Waals surface area contributed by atoms with Crippen molar-refractivity contribution >= 4 is 17.5 Å². The zero-order chi connectivity index (χ0) is 15.0. The number of hydrogen-bond donors (Lipinski definition) is 1. The summed E-state index contributed by atoms with van der Waals surface area (Å²) in [4.78, 5) is 26.1. The van der Waals surface area contributed by atoms with Crippen molar-refractivity contribution in [3.05, 3.63) is 65.2 Å². The summed E-state index contributed by atoms with van der Waals surface area (Å²) in [6.07, 6.45) is 0. The van der Waals surface area contributed by atoms with Gasteiger partial charge in [-0.2, -0.15) is 0 Å². The quantitative estimate of drug-likeness (QED) is 0.879. The van der Waals surface area contributed by atoms with Gasteiger partial charge in [0.05, 0.1) is 16.8 Å². The van der Waals surface area contributed by atoms with Crippen LogP contribution < -0.4 is 10.2 Å². The SMILES string of the molecule is CNC(C)c1cccc(N2C(=O)c3ccccc3C2=O)c1. The second kappa shape index (κ2) is 5.14. The van der Waals surface area contributed by atoms with Gasteiger partial charge < -0.3 is 5.32 Å². The molecule has 2 aromatic rings. The number of amides is 2. The molecule has 2 amide bonds. The van der Waals surface area contributed by atoms with E-state index in [2.05, 4.69) is 5.32 Å². The van der Waals surface area contributed by atoms with Crippen LogP contribution in [0.15, 0.2) is 48.5 Å². The highest BCUT2D eigenvalue weighted by atomic mass is 16.2. The molecule has 0 aromatic heterocycles. The van der Waals surface area contributed by atoms with Gasteiger partial charge in [0.25, 0.3) is 11.8 Å². The average Bonchev–Trinajstić information content (AvgIpc) is 2.78. The third-order valence-corrected chi connectivity index (χ3v) is 3.86. The Morgan fingerprint density at radius 2 is 1.57 bits per heavy atom. The molecule has 1 unspecified atom stereocenters. The van der Waals surface area contributed by atoms with Crippen LogP contribution in [0.4, 0.5) is 5.69 Å². The summed E-state index contributed by atoms with van der Waals surface area (Å²) in [6, 6.07) is 14.6. The second-order valence-electron chi connectivity index (χ2n) is 5.10. The van der Waals surface area contributed by atoms with Crippen molar-refractivity contribution in [3.63, 3.8) is 0 Å². The van der Waals surface area contributed by atoms with E-state index in [0.717, 1.165) is 5.56 Å². The number of carbonyl (C=O) groups excluding carboxylic acids is 2. The number of nitrogens with one attached hydrogen (secondary N) is 1. The van der Waals surface area contributed by atoms with Crippen LogP contribution in [-0.2, 0) is 0 Å². The molecule has 0 fully saturated rings. The van der Waals surface area contributed by atoms with Gasteiger partial charge in [0.2, 0.25) is 0 Å². The van der Waals surface area contributed by atoms with Crippen LogP contribution in [0.2, 0.25) is 0 Å². The fourth-order valence-electron chi connectivity index (χ4n) is 2.52. The molecule has 0 saturated heterocycles. The smallest absolute Gasteiger partial charge is 0.266 e. The third-order valence-electron chi connectivity index (χ3n) is 3.86. The molecule has 106 valence electrons. The Kier molecular flexibility index (Phi) is 3.31. The monoisotopic (exact) mass is 280 g/mol. The molecular weight excluding hydrogens is 264 g/mol. The molecule has 21 heavy (non-hydrogen) atoms. The lowest BCUT2D eigenvalue weighted by Crippen LogP contribution is -2.29. The summed E-state index contributed by atoms with van der Waals surface area (Å²) >= 11 is 0. The summed E-state index contributed by atoms with van der Waals surface area (Å²) < 4.78 is 0. The van der Waals surface area contributed by atoms with Crippen molar-refractivity contribution in [1.29, 1.82) is 0 Å². The molecule has 3 rings (SSSR count). The van der Waals surface area contributed by atoms with Gasteiger partial charge in [-0.3, -0.25) is 9.59 Å². The van der Waals surface area contributed by atoms with Crippen molar-refractivity contribution in [2.45, 2.75) is 13.0 Å². The molecule has 1 N–H and O–H groups in total. The van der Waals surface area contributed by atoms with Crippen LogP contribution in [0, 0.1) is 0 Å². The highest BCUT2D eigenvalue weighted by Gasteiger charge is 2.36. The van der Waals surface area contributed by atoms with Gasteiger partial charge in [0.1, 0.15) is 0 Å². The zero-order valence-electron chi connectivity index (χ0n) is 12.0. The molecule has 0 bridgehead atoms. The van der Waals surface area contributed by atoms with E-state index in [9.17, 15) is 9.59 Å². The van der Waals surface area contributed by atoms with Crippen LogP contribution >= 0.6 is 0 Å². The summed E-state index contributed by atoms with van der Waals surface area (Å²) in [7, 11) is 1.87. The Balaban J connectivity index is 2.03. The Hall–Kier alpha value is -2.46. The normalized spacial score (nSPS) is 15.2. The number of rotatable bonds is 3. The van der Waals surface area contributed by atoms with E-state index in [-0.39, 0.29) is 17.9 Å². The van der Waals surface area contributed by atoms with E-state index in [1.807, 2.05) is 32.2 Å². The predicted molar refractivity (Wildman–Crippen MR) is 81.5 cm³/mol. The zero-order valence-corrected chi connectivity index (χ0v) is 12.0. The first-order valence-corrected chi connectivity index (χ1v) is 6.88. The molecule has 1 aliphatic heterocycles. The maximum Gasteiger partial charge on any atom is 0.266 e. The molecule has 0 saturated carbocycles. The number of anilines is 1. The van der Waals surface area contributed by atoms with Gasteiger partial charge in [-0.1, -0.05) is 24.3 Å². The fourth-order valence-corrected chi connectivity index (χ4v) is 2.52. The second-order valence-corrected chi connectivity index (χ2v) is 5.10. The van der Waals surface area contributed by atoms with E-state index < -0.39 is 0 Å². The van der Waals surface area contributed by atoms with E-state index in [1.54, 1.807) is 30.3 Å². The Morgan fingerprint density at radius 1 is 0.952 bits per heavy atom. The Labute approximate surface area is 123 Å². The van der Waals surface area contributed by atoms with E-state index in [0.29, 0.717) is 16.8 Å². The highest BCUT2D eigenvalue weighted by Crippen LogP contribution is 2.29. The van der Waals surface area contributed by atoms with Crippen molar-refractivity contribution in [2.75, 3.05) is 11.9 Å². The van der Waals surface area contributed by atoms with Gasteiger partial charge in [-0.05, 0) is 43.8 Å². The number of carbonyl (C=O) groups is 2. The third kappa shape index (κ3) is 2.14. The Morgan fingerprint density at radius 3 is 2.14 bits per heavy atom. The van der Waals surface area contributed by atoms with Crippen LogP contribution in [0.25, 0.3) is 0 Å². The lowest BCUT2D eigenvalue weighted by molar-refractivity contribution is 0.0926. The first-order valence-electron chi connectivity index (χ1n) is 6.88. The minimum absolute atomic E-state index is 0.153.